The fraction of sp³-hybridized carbons (Fsp3) is 0.286. The average molecular weight is 379 g/mol. The Balaban J connectivity index is 1.35. The van der Waals surface area contributed by atoms with Gasteiger partial charge in [0.25, 0.3) is 0 Å². The van der Waals surface area contributed by atoms with E-state index in [9.17, 15) is 14.4 Å². The van der Waals surface area contributed by atoms with Crippen LogP contribution in [0.4, 0.5) is 0 Å². The molecule has 0 unspecified atom stereocenters. The smallest absolute Gasteiger partial charge is 0.316 e. The second kappa shape index (κ2) is 7.72. The first kappa shape index (κ1) is 18.0. The summed E-state index contributed by atoms with van der Waals surface area (Å²) >= 11 is 0. The van der Waals surface area contributed by atoms with Crippen LogP contribution in [0.5, 0.6) is 5.75 Å². The number of aryl methyl sites for hydroxylation is 1. The molecule has 7 nitrogen and oxygen atoms in total. The van der Waals surface area contributed by atoms with Crippen LogP contribution in [0, 0.1) is 0 Å². The first-order chi connectivity index (χ1) is 13.6. The van der Waals surface area contributed by atoms with E-state index >= 15 is 0 Å². The molecular weight excluding hydrogens is 358 g/mol. The lowest BCUT2D eigenvalue weighted by Gasteiger charge is -2.10. The number of carbonyl (C=O) groups excluding carboxylic acids is 1. The molecule has 0 fully saturated rings. The van der Waals surface area contributed by atoms with E-state index in [0.717, 1.165) is 24.3 Å². The van der Waals surface area contributed by atoms with Gasteiger partial charge in [-0.05, 0) is 35.7 Å². The van der Waals surface area contributed by atoms with Crippen LogP contribution in [0.2, 0.25) is 0 Å². The van der Waals surface area contributed by atoms with Crippen molar-refractivity contribution in [2.75, 3.05) is 13.2 Å². The number of hydrogen-bond acceptors (Lipinski definition) is 4. The van der Waals surface area contributed by atoms with Crippen LogP contribution in [0.3, 0.4) is 0 Å². The van der Waals surface area contributed by atoms with Gasteiger partial charge in [0, 0.05) is 25.9 Å². The summed E-state index contributed by atoms with van der Waals surface area (Å²) in [5, 5.41) is 2.83. The molecule has 0 radical (unpaired) electrons. The van der Waals surface area contributed by atoms with Gasteiger partial charge in [-0.3, -0.25) is 14.4 Å². The first-order valence-corrected chi connectivity index (χ1v) is 9.35. The molecule has 2 heterocycles. The van der Waals surface area contributed by atoms with E-state index in [4.69, 9.17) is 4.74 Å². The molecule has 7 heteroatoms. The van der Waals surface area contributed by atoms with Gasteiger partial charge >= 0.3 is 11.1 Å². The molecule has 2 aromatic carbocycles. The Labute approximate surface area is 161 Å². The van der Waals surface area contributed by atoms with Gasteiger partial charge in [-0.15, -0.1) is 0 Å². The highest BCUT2D eigenvalue weighted by molar-refractivity contribution is 5.76. The highest BCUT2D eigenvalue weighted by atomic mass is 16.5. The number of carbonyl (C=O) groups is 1. The van der Waals surface area contributed by atoms with E-state index in [1.807, 2.05) is 12.1 Å². The Kier molecular flexibility index (Phi) is 4.97. The summed E-state index contributed by atoms with van der Waals surface area (Å²) in [4.78, 5) is 38.7. The number of H-pyrrole nitrogens is 1. The molecule has 0 saturated carbocycles. The Morgan fingerprint density at radius 3 is 2.93 bits per heavy atom. The molecule has 1 aliphatic heterocycles. The van der Waals surface area contributed by atoms with E-state index < -0.39 is 11.1 Å². The third-order valence-electron chi connectivity index (χ3n) is 4.93. The molecule has 3 aromatic rings. The van der Waals surface area contributed by atoms with E-state index in [1.165, 1.54) is 10.1 Å². The zero-order chi connectivity index (χ0) is 19.5. The summed E-state index contributed by atoms with van der Waals surface area (Å²) in [7, 11) is 0. The topological polar surface area (TPSA) is 93.2 Å². The molecule has 4 rings (SSSR count). The zero-order valence-electron chi connectivity index (χ0n) is 15.4. The van der Waals surface area contributed by atoms with Crippen molar-refractivity contribution in [2.45, 2.75) is 25.8 Å². The van der Waals surface area contributed by atoms with Crippen LogP contribution in [0.15, 0.2) is 52.1 Å². The molecule has 1 amide bonds. The fourth-order valence-corrected chi connectivity index (χ4v) is 3.49. The monoisotopic (exact) mass is 379 g/mol. The third-order valence-corrected chi connectivity index (χ3v) is 4.93. The van der Waals surface area contributed by atoms with Crippen LogP contribution in [-0.2, 0) is 24.2 Å². The number of fused-ring (bicyclic) bond motifs is 2. The number of rotatable bonds is 6. The Morgan fingerprint density at radius 1 is 1.18 bits per heavy atom. The van der Waals surface area contributed by atoms with Gasteiger partial charge < -0.3 is 19.6 Å². The van der Waals surface area contributed by atoms with Gasteiger partial charge in [0.15, 0.2) is 0 Å². The predicted molar refractivity (Wildman–Crippen MR) is 106 cm³/mol. The molecular formula is C21H21N3O4. The van der Waals surface area contributed by atoms with Crippen molar-refractivity contribution in [3.05, 3.63) is 74.3 Å². The zero-order valence-corrected chi connectivity index (χ0v) is 15.4. The van der Waals surface area contributed by atoms with Gasteiger partial charge in [-0.1, -0.05) is 24.3 Å². The lowest BCUT2D eigenvalue weighted by molar-refractivity contribution is -0.121. The molecule has 0 spiro atoms. The van der Waals surface area contributed by atoms with Crippen molar-refractivity contribution in [1.82, 2.24) is 14.9 Å². The van der Waals surface area contributed by atoms with E-state index in [2.05, 4.69) is 16.4 Å². The molecule has 1 aliphatic rings. The maximum Gasteiger partial charge on any atom is 0.316 e. The van der Waals surface area contributed by atoms with Crippen molar-refractivity contribution in [3.8, 4) is 5.75 Å². The number of amides is 1. The second-order valence-electron chi connectivity index (χ2n) is 6.82. The summed E-state index contributed by atoms with van der Waals surface area (Å²) in [6.07, 6.45) is 1.92. The minimum Gasteiger partial charge on any atom is -0.493 e. The largest absolute Gasteiger partial charge is 0.493 e. The van der Waals surface area contributed by atoms with Crippen molar-refractivity contribution < 1.29 is 9.53 Å². The first-order valence-electron chi connectivity index (χ1n) is 9.35. The van der Waals surface area contributed by atoms with Crippen molar-refractivity contribution >= 4 is 16.9 Å². The summed E-state index contributed by atoms with van der Waals surface area (Å²) in [6, 6.07) is 13.1. The number of ether oxygens (including phenoxy) is 1. The quantitative estimate of drug-likeness (QED) is 0.633. The molecule has 0 atom stereocenters. The van der Waals surface area contributed by atoms with Gasteiger partial charge in [-0.25, -0.2) is 0 Å². The standard InChI is InChI=1S/C21H21N3O4/c25-19(8-6-14-5-7-18-15(13-14)9-12-28-18)22-10-11-24-17-4-2-1-3-16(17)23-20(26)21(24)27/h1-5,7,13H,6,8-12H2,(H,22,25)(H,23,26). The molecule has 1 aromatic heterocycles. The number of nitrogens with one attached hydrogen (secondary N) is 2. The van der Waals surface area contributed by atoms with E-state index in [1.54, 1.807) is 24.3 Å². The van der Waals surface area contributed by atoms with Crippen LogP contribution in [0.25, 0.3) is 11.0 Å². The fourth-order valence-electron chi connectivity index (χ4n) is 3.49. The Hall–Kier alpha value is -3.35. The maximum atomic E-state index is 12.2. The third kappa shape index (κ3) is 3.69. The Bertz CT molecular complexity index is 1150. The SMILES string of the molecule is O=C(CCc1ccc2c(c1)CCO2)NCCn1c(=O)c(=O)[nH]c2ccccc21. The maximum absolute atomic E-state index is 12.2. The van der Waals surface area contributed by atoms with Gasteiger partial charge in [0.1, 0.15) is 5.75 Å². The summed E-state index contributed by atoms with van der Waals surface area (Å²) < 4.78 is 6.89. The predicted octanol–water partition coefficient (Wildman–Crippen LogP) is 1.37. The van der Waals surface area contributed by atoms with E-state index in [-0.39, 0.29) is 19.0 Å². The summed E-state index contributed by atoms with van der Waals surface area (Å²) in [5.74, 6) is 0.850. The van der Waals surface area contributed by atoms with Crippen LogP contribution in [-0.4, -0.2) is 28.6 Å². The molecule has 28 heavy (non-hydrogen) atoms. The van der Waals surface area contributed by atoms with Crippen molar-refractivity contribution in [3.63, 3.8) is 0 Å². The number of benzene rings is 2. The number of hydrogen-bond donors (Lipinski definition) is 2. The lowest BCUT2D eigenvalue weighted by Crippen LogP contribution is -2.39. The minimum absolute atomic E-state index is 0.0843. The molecule has 0 saturated heterocycles. The Morgan fingerprint density at radius 2 is 2.04 bits per heavy atom. The summed E-state index contributed by atoms with van der Waals surface area (Å²) in [6.45, 7) is 1.24. The van der Waals surface area contributed by atoms with Crippen molar-refractivity contribution in [2.24, 2.45) is 0 Å². The second-order valence-corrected chi connectivity index (χ2v) is 6.82. The highest BCUT2D eigenvalue weighted by Crippen LogP contribution is 2.26. The number of aromatic nitrogens is 2. The van der Waals surface area contributed by atoms with Crippen LogP contribution >= 0.6 is 0 Å². The number of nitrogens with zero attached hydrogens (tertiary/aromatic N) is 1. The highest BCUT2D eigenvalue weighted by Gasteiger charge is 2.12. The lowest BCUT2D eigenvalue weighted by atomic mass is 10.0. The van der Waals surface area contributed by atoms with Gasteiger partial charge in [0.2, 0.25) is 5.91 Å². The molecule has 0 bridgehead atoms. The molecule has 2 N–H and O–H groups in total. The molecule has 0 aliphatic carbocycles. The van der Waals surface area contributed by atoms with Crippen molar-refractivity contribution in [1.29, 1.82) is 0 Å². The normalized spacial score (nSPS) is 12.6. The van der Waals surface area contributed by atoms with Crippen LogP contribution in [0.1, 0.15) is 17.5 Å². The average Bonchev–Trinajstić information content (AvgIpc) is 3.17. The van der Waals surface area contributed by atoms with Crippen LogP contribution < -0.4 is 21.2 Å². The summed E-state index contributed by atoms with van der Waals surface area (Å²) in [5.41, 5.74) is 2.26. The minimum atomic E-state index is -0.661. The van der Waals surface area contributed by atoms with Gasteiger partial charge in [0.05, 0.1) is 17.6 Å². The van der Waals surface area contributed by atoms with Gasteiger partial charge in [-0.2, -0.15) is 0 Å². The number of para-hydroxylation sites is 2. The van der Waals surface area contributed by atoms with E-state index in [0.29, 0.717) is 23.9 Å². The molecule has 144 valence electrons. The number of aromatic amines is 1.